The second-order valence-corrected chi connectivity index (χ2v) is 18.8. The third-order valence-electron chi connectivity index (χ3n) is 4.20. The van der Waals surface area contributed by atoms with E-state index < -0.39 is 18.4 Å². The Hall–Kier alpha value is 0.139. The predicted molar refractivity (Wildman–Crippen MR) is 84.9 cm³/mol. The van der Waals surface area contributed by atoms with Crippen LogP contribution in [0.4, 0.5) is 0 Å². The van der Waals surface area contributed by atoms with Crippen LogP contribution in [0.3, 0.4) is 0 Å². The molecule has 2 nitrogen and oxygen atoms in total. The average molecular weight is 375 g/mol. The van der Waals surface area contributed by atoms with Crippen molar-refractivity contribution in [2.75, 3.05) is 13.2 Å². The summed E-state index contributed by atoms with van der Waals surface area (Å²) >= 11 is -2.31. The van der Waals surface area contributed by atoms with Gasteiger partial charge < -0.3 is 0 Å². The van der Waals surface area contributed by atoms with Gasteiger partial charge in [0.1, 0.15) is 0 Å². The molecule has 0 aromatic carbocycles. The summed E-state index contributed by atoms with van der Waals surface area (Å²) in [4.78, 5) is 0. The Morgan fingerprint density at radius 3 is 1.79 bits per heavy atom. The fraction of sp³-hybridized carbons (Fsp3) is 0.875. The summed E-state index contributed by atoms with van der Waals surface area (Å²) in [7, 11) is 0. The van der Waals surface area contributed by atoms with E-state index in [2.05, 4.69) is 20.8 Å². The van der Waals surface area contributed by atoms with E-state index in [1.54, 1.807) is 0 Å². The molecule has 19 heavy (non-hydrogen) atoms. The van der Waals surface area contributed by atoms with Crippen LogP contribution < -0.4 is 0 Å². The minimum absolute atomic E-state index is 0.737. The predicted octanol–water partition coefficient (Wildman–Crippen LogP) is 5.26. The maximum absolute atomic E-state index is 6.06. The molecule has 0 aliphatic carbocycles. The minimum atomic E-state index is -2.31. The Bertz CT molecular complexity index is 242. The van der Waals surface area contributed by atoms with E-state index in [1.807, 2.05) is 6.26 Å². The third kappa shape index (κ3) is 5.56. The van der Waals surface area contributed by atoms with Crippen LogP contribution >= 0.6 is 0 Å². The first-order valence-corrected chi connectivity index (χ1v) is 15.7. The molecule has 0 unspecified atom stereocenters. The standard InChI is InChI=1S/C4H5O2.3C4H9.Sn/c1-2-6-4-3-5-1;3*1-3-4-2;/h1H,3-4H2;3*1,3-4H2,2H3;. The van der Waals surface area contributed by atoms with Crippen LogP contribution in [-0.4, -0.2) is 31.6 Å². The molecule has 1 rings (SSSR count). The molecule has 0 bridgehead atoms. The summed E-state index contributed by atoms with van der Waals surface area (Å²) in [6, 6.07) is 0. The molecule has 0 amide bonds. The molecule has 0 aromatic heterocycles. The number of hydrogen-bond donors (Lipinski definition) is 0. The van der Waals surface area contributed by atoms with Crippen LogP contribution in [0, 0.1) is 0 Å². The normalized spacial score (nSPS) is 15.6. The summed E-state index contributed by atoms with van der Waals surface area (Å²) in [6.45, 7) is 8.43. The van der Waals surface area contributed by atoms with Crippen molar-refractivity contribution in [2.45, 2.75) is 72.6 Å². The zero-order chi connectivity index (χ0) is 14.0. The Morgan fingerprint density at radius 1 is 0.895 bits per heavy atom. The molecular weight excluding hydrogens is 343 g/mol. The first-order chi connectivity index (χ1) is 9.29. The Kier molecular flexibility index (Phi) is 9.00. The van der Waals surface area contributed by atoms with Crippen molar-refractivity contribution in [2.24, 2.45) is 0 Å². The number of rotatable bonds is 10. The van der Waals surface area contributed by atoms with Gasteiger partial charge in [0.25, 0.3) is 0 Å². The zero-order valence-corrected chi connectivity index (χ0v) is 16.0. The van der Waals surface area contributed by atoms with Crippen LogP contribution in [-0.2, 0) is 9.47 Å². The van der Waals surface area contributed by atoms with Crippen molar-refractivity contribution in [3.63, 3.8) is 0 Å². The quantitative estimate of drug-likeness (QED) is 0.485. The second kappa shape index (κ2) is 9.95. The SMILES string of the molecule is CCC[CH2][Sn]([CH2]CCC)([CH2]CCC)[C]1=COCCO1. The van der Waals surface area contributed by atoms with Gasteiger partial charge in [0.2, 0.25) is 0 Å². The monoisotopic (exact) mass is 376 g/mol. The van der Waals surface area contributed by atoms with E-state index >= 15 is 0 Å². The molecule has 0 saturated carbocycles. The number of hydrogen-bond acceptors (Lipinski definition) is 2. The van der Waals surface area contributed by atoms with Gasteiger partial charge in [-0.05, 0) is 0 Å². The van der Waals surface area contributed by atoms with Crippen LogP contribution in [0.25, 0.3) is 0 Å². The summed E-state index contributed by atoms with van der Waals surface area (Å²) < 4.78 is 17.4. The zero-order valence-electron chi connectivity index (χ0n) is 13.2. The molecule has 0 saturated heterocycles. The Balaban J connectivity index is 2.82. The summed E-state index contributed by atoms with van der Waals surface area (Å²) in [5.74, 6) is 0. The maximum atomic E-state index is 6.06. The summed E-state index contributed by atoms with van der Waals surface area (Å²) in [6.07, 6.45) is 10.1. The van der Waals surface area contributed by atoms with Crippen molar-refractivity contribution in [3.8, 4) is 0 Å². The molecule has 0 N–H and O–H groups in total. The first-order valence-electron chi connectivity index (χ1n) is 8.24. The molecule has 1 aliphatic heterocycles. The van der Waals surface area contributed by atoms with Crippen LogP contribution in [0.5, 0.6) is 0 Å². The van der Waals surface area contributed by atoms with Gasteiger partial charge in [-0.3, -0.25) is 0 Å². The van der Waals surface area contributed by atoms with E-state index in [0.29, 0.717) is 0 Å². The fourth-order valence-electron chi connectivity index (χ4n) is 2.94. The van der Waals surface area contributed by atoms with Crippen molar-refractivity contribution >= 4 is 18.4 Å². The van der Waals surface area contributed by atoms with E-state index in [0.717, 1.165) is 13.2 Å². The molecule has 112 valence electrons. The van der Waals surface area contributed by atoms with Gasteiger partial charge in [-0.25, -0.2) is 0 Å². The second-order valence-electron chi connectivity index (χ2n) is 5.79. The van der Waals surface area contributed by atoms with Gasteiger partial charge >= 0.3 is 124 Å². The summed E-state index contributed by atoms with van der Waals surface area (Å²) in [5.41, 5.74) is 0. The molecule has 0 spiro atoms. The molecule has 0 aromatic rings. The molecule has 0 atom stereocenters. The van der Waals surface area contributed by atoms with Crippen LogP contribution in [0.1, 0.15) is 59.3 Å². The fourth-order valence-corrected chi connectivity index (χ4v) is 18.1. The number of unbranched alkanes of at least 4 members (excludes halogenated alkanes) is 3. The third-order valence-corrected chi connectivity index (χ3v) is 19.2. The van der Waals surface area contributed by atoms with Gasteiger partial charge in [0.15, 0.2) is 0 Å². The molecule has 0 radical (unpaired) electrons. The molecule has 0 fully saturated rings. The van der Waals surface area contributed by atoms with Crippen molar-refractivity contribution in [3.05, 3.63) is 10.0 Å². The van der Waals surface area contributed by atoms with E-state index in [4.69, 9.17) is 9.47 Å². The molecule has 1 heterocycles. The van der Waals surface area contributed by atoms with Crippen molar-refractivity contribution in [1.29, 1.82) is 0 Å². The van der Waals surface area contributed by atoms with Gasteiger partial charge in [0, 0.05) is 0 Å². The Morgan fingerprint density at radius 2 is 1.42 bits per heavy atom. The molecule has 1 aliphatic rings. The first kappa shape index (κ1) is 17.2. The topological polar surface area (TPSA) is 18.5 Å². The summed E-state index contributed by atoms with van der Waals surface area (Å²) in [5, 5.41) is 0. The average Bonchev–Trinajstić information content (AvgIpc) is 2.48. The van der Waals surface area contributed by atoms with Gasteiger partial charge in [0.05, 0.1) is 0 Å². The van der Waals surface area contributed by atoms with Gasteiger partial charge in [-0.2, -0.15) is 0 Å². The van der Waals surface area contributed by atoms with Crippen molar-refractivity contribution in [1.82, 2.24) is 0 Å². The van der Waals surface area contributed by atoms with Gasteiger partial charge in [-0.15, -0.1) is 0 Å². The van der Waals surface area contributed by atoms with E-state index in [-0.39, 0.29) is 0 Å². The van der Waals surface area contributed by atoms with Crippen molar-refractivity contribution < 1.29 is 9.47 Å². The number of ether oxygens (including phenoxy) is 2. The van der Waals surface area contributed by atoms with E-state index in [9.17, 15) is 0 Å². The van der Waals surface area contributed by atoms with Crippen LogP contribution in [0.15, 0.2) is 10.0 Å². The molecule has 3 heteroatoms. The molecular formula is C16H32O2Sn. The van der Waals surface area contributed by atoms with Gasteiger partial charge in [-0.1, -0.05) is 0 Å². The van der Waals surface area contributed by atoms with Crippen LogP contribution in [0.2, 0.25) is 13.3 Å². The van der Waals surface area contributed by atoms with E-state index in [1.165, 1.54) is 55.6 Å². The Labute approximate surface area is 123 Å².